The van der Waals surface area contributed by atoms with Crippen molar-refractivity contribution in [2.75, 3.05) is 0 Å². The van der Waals surface area contributed by atoms with Crippen LogP contribution in [0.5, 0.6) is 0 Å². The third kappa shape index (κ3) is 1.85. The third-order valence-corrected chi connectivity index (χ3v) is 2.82. The van der Waals surface area contributed by atoms with Gasteiger partial charge in [-0.25, -0.2) is 0 Å². The lowest BCUT2D eigenvalue weighted by atomic mass is 10.2. The van der Waals surface area contributed by atoms with Crippen LogP contribution < -0.4 is 5.32 Å². The highest BCUT2D eigenvalue weighted by molar-refractivity contribution is 6.17. The Morgan fingerprint density at radius 3 is 2.56 bits per heavy atom. The molecule has 2 rings (SSSR count). The van der Waals surface area contributed by atoms with E-state index >= 15 is 0 Å². The van der Waals surface area contributed by atoms with Gasteiger partial charge in [-0.1, -0.05) is 0 Å². The molecule has 86 valence electrons. The van der Waals surface area contributed by atoms with Gasteiger partial charge in [0.05, 0.1) is 0 Å². The van der Waals surface area contributed by atoms with Gasteiger partial charge in [0, 0.05) is 17.7 Å². The first kappa shape index (κ1) is 10.9. The average Bonchev–Trinajstić information content (AvgIpc) is 2.96. The molecule has 2 aliphatic rings. The summed E-state index contributed by atoms with van der Waals surface area (Å²) in [6.07, 6.45) is 3.23. The van der Waals surface area contributed by atoms with Gasteiger partial charge in [-0.05, 0) is 26.7 Å². The molecule has 1 saturated carbocycles. The van der Waals surface area contributed by atoms with Gasteiger partial charge in [-0.3, -0.25) is 19.3 Å². The van der Waals surface area contributed by atoms with Gasteiger partial charge < -0.3 is 5.32 Å². The zero-order valence-electron chi connectivity index (χ0n) is 9.32. The summed E-state index contributed by atoms with van der Waals surface area (Å²) in [5.41, 5.74) is 0.385. The fourth-order valence-corrected chi connectivity index (χ4v) is 1.64. The molecule has 0 bridgehead atoms. The standard InChI is InChI=1S/C11H14N2O3/c1-6-5-9(14)13(11(6)16)7(2)10(15)12-8-3-4-8/h5,7-8H,3-4H2,1-2H3,(H,12,15). The molecule has 1 unspecified atom stereocenters. The van der Waals surface area contributed by atoms with Crippen LogP contribution in [0.1, 0.15) is 26.7 Å². The van der Waals surface area contributed by atoms with E-state index in [4.69, 9.17) is 0 Å². The second-order valence-electron chi connectivity index (χ2n) is 4.30. The molecule has 1 atom stereocenters. The summed E-state index contributed by atoms with van der Waals surface area (Å²) >= 11 is 0. The van der Waals surface area contributed by atoms with Crippen molar-refractivity contribution in [1.82, 2.24) is 10.2 Å². The largest absolute Gasteiger partial charge is 0.352 e. The van der Waals surface area contributed by atoms with Gasteiger partial charge in [0.1, 0.15) is 6.04 Å². The van der Waals surface area contributed by atoms with Gasteiger partial charge in [0.2, 0.25) is 5.91 Å². The average molecular weight is 222 g/mol. The third-order valence-electron chi connectivity index (χ3n) is 2.82. The first-order chi connectivity index (χ1) is 7.50. The second-order valence-corrected chi connectivity index (χ2v) is 4.30. The maximum absolute atomic E-state index is 11.7. The van der Waals surface area contributed by atoms with Crippen molar-refractivity contribution in [3.8, 4) is 0 Å². The number of nitrogens with zero attached hydrogens (tertiary/aromatic N) is 1. The Labute approximate surface area is 93.5 Å². The van der Waals surface area contributed by atoms with Crippen molar-refractivity contribution >= 4 is 17.7 Å². The SMILES string of the molecule is CC1=CC(=O)N(C(C)C(=O)NC2CC2)C1=O. The minimum atomic E-state index is -0.728. The van der Waals surface area contributed by atoms with Crippen molar-refractivity contribution in [2.24, 2.45) is 0 Å². The molecule has 0 radical (unpaired) electrons. The van der Waals surface area contributed by atoms with Crippen LogP contribution in [0.3, 0.4) is 0 Å². The van der Waals surface area contributed by atoms with Gasteiger partial charge in [0.25, 0.3) is 11.8 Å². The van der Waals surface area contributed by atoms with E-state index < -0.39 is 11.9 Å². The van der Waals surface area contributed by atoms with Crippen LogP contribution >= 0.6 is 0 Å². The summed E-state index contributed by atoms with van der Waals surface area (Å²) in [6, 6.07) is -0.494. The molecule has 16 heavy (non-hydrogen) atoms. The highest BCUT2D eigenvalue weighted by Gasteiger charge is 2.37. The maximum atomic E-state index is 11.7. The number of nitrogens with one attached hydrogen (secondary N) is 1. The highest BCUT2D eigenvalue weighted by Crippen LogP contribution is 2.20. The second kappa shape index (κ2) is 3.73. The predicted molar refractivity (Wildman–Crippen MR) is 56.2 cm³/mol. The number of carbonyl (C=O) groups excluding carboxylic acids is 3. The number of rotatable bonds is 3. The molecule has 5 nitrogen and oxygen atoms in total. The minimum absolute atomic E-state index is 0.233. The Morgan fingerprint density at radius 2 is 2.12 bits per heavy atom. The normalized spacial score (nSPS) is 22.1. The molecule has 0 aromatic heterocycles. The molecule has 0 saturated heterocycles. The Balaban J connectivity index is 2.04. The van der Waals surface area contributed by atoms with E-state index in [9.17, 15) is 14.4 Å². The van der Waals surface area contributed by atoms with Crippen molar-refractivity contribution in [3.63, 3.8) is 0 Å². The zero-order valence-corrected chi connectivity index (χ0v) is 9.32. The van der Waals surface area contributed by atoms with Crippen LogP contribution in [-0.4, -0.2) is 34.7 Å². The maximum Gasteiger partial charge on any atom is 0.257 e. The summed E-state index contributed by atoms with van der Waals surface area (Å²) < 4.78 is 0. The predicted octanol–water partition coefficient (Wildman–Crippen LogP) is -0.0314. The van der Waals surface area contributed by atoms with Crippen LogP contribution in [0.2, 0.25) is 0 Å². The quantitative estimate of drug-likeness (QED) is 0.682. The molecule has 0 aromatic carbocycles. The summed E-state index contributed by atoms with van der Waals surface area (Å²) in [5, 5.41) is 2.78. The van der Waals surface area contributed by atoms with Crippen LogP contribution in [-0.2, 0) is 14.4 Å². The topological polar surface area (TPSA) is 66.5 Å². The van der Waals surface area contributed by atoms with E-state index in [1.54, 1.807) is 13.8 Å². The molecule has 0 spiro atoms. The van der Waals surface area contributed by atoms with E-state index in [1.165, 1.54) is 6.08 Å². The molecule has 1 aliphatic carbocycles. The van der Waals surface area contributed by atoms with E-state index in [-0.39, 0.29) is 17.9 Å². The summed E-state index contributed by atoms with van der Waals surface area (Å²) in [5.74, 6) is -1.03. The molecular formula is C11H14N2O3. The summed E-state index contributed by atoms with van der Waals surface area (Å²) in [7, 11) is 0. The highest BCUT2D eigenvalue weighted by atomic mass is 16.2. The van der Waals surface area contributed by atoms with Crippen molar-refractivity contribution in [3.05, 3.63) is 11.6 Å². The fourth-order valence-electron chi connectivity index (χ4n) is 1.64. The Kier molecular flexibility index (Phi) is 2.53. The number of hydrogen-bond donors (Lipinski definition) is 1. The van der Waals surface area contributed by atoms with Gasteiger partial charge in [-0.15, -0.1) is 0 Å². The first-order valence-corrected chi connectivity index (χ1v) is 5.37. The van der Waals surface area contributed by atoms with E-state index in [0.29, 0.717) is 5.57 Å². The molecule has 1 N–H and O–H groups in total. The Morgan fingerprint density at radius 1 is 1.50 bits per heavy atom. The van der Waals surface area contributed by atoms with Crippen LogP contribution in [0, 0.1) is 0 Å². The molecule has 5 heteroatoms. The lowest BCUT2D eigenvalue weighted by molar-refractivity contribution is -0.145. The first-order valence-electron chi connectivity index (χ1n) is 5.37. The van der Waals surface area contributed by atoms with Crippen LogP contribution in [0.15, 0.2) is 11.6 Å². The molecule has 1 fully saturated rings. The Bertz CT molecular complexity index is 396. The van der Waals surface area contributed by atoms with Crippen molar-refractivity contribution in [1.29, 1.82) is 0 Å². The molecule has 1 heterocycles. The molecular weight excluding hydrogens is 208 g/mol. The molecule has 3 amide bonds. The fraction of sp³-hybridized carbons (Fsp3) is 0.545. The monoisotopic (exact) mass is 222 g/mol. The van der Waals surface area contributed by atoms with E-state index in [2.05, 4.69) is 5.32 Å². The van der Waals surface area contributed by atoms with Gasteiger partial charge in [-0.2, -0.15) is 0 Å². The summed E-state index contributed by atoms with van der Waals surface area (Å²) in [6.45, 7) is 3.14. The van der Waals surface area contributed by atoms with E-state index in [1.807, 2.05) is 0 Å². The lowest BCUT2D eigenvalue weighted by Gasteiger charge is -2.21. The minimum Gasteiger partial charge on any atom is -0.352 e. The van der Waals surface area contributed by atoms with Crippen molar-refractivity contribution < 1.29 is 14.4 Å². The number of hydrogen-bond acceptors (Lipinski definition) is 3. The molecule has 1 aliphatic heterocycles. The Hall–Kier alpha value is -1.65. The van der Waals surface area contributed by atoms with Gasteiger partial charge in [0.15, 0.2) is 0 Å². The van der Waals surface area contributed by atoms with Gasteiger partial charge >= 0.3 is 0 Å². The van der Waals surface area contributed by atoms with Crippen LogP contribution in [0.4, 0.5) is 0 Å². The zero-order chi connectivity index (χ0) is 11.9. The number of amides is 3. The van der Waals surface area contributed by atoms with Crippen molar-refractivity contribution in [2.45, 2.75) is 38.8 Å². The number of carbonyl (C=O) groups is 3. The number of imide groups is 1. The van der Waals surface area contributed by atoms with E-state index in [0.717, 1.165) is 17.7 Å². The van der Waals surface area contributed by atoms with Crippen LogP contribution in [0.25, 0.3) is 0 Å². The smallest absolute Gasteiger partial charge is 0.257 e. The lowest BCUT2D eigenvalue weighted by Crippen LogP contribution is -2.48. The molecule has 0 aromatic rings. The summed E-state index contributed by atoms with van der Waals surface area (Å²) in [4.78, 5) is 35.8.